The van der Waals surface area contributed by atoms with Gasteiger partial charge < -0.3 is 0 Å². The second-order valence-electron chi connectivity index (χ2n) is 5.12. The maximum atomic E-state index is 11.7. The molecule has 2 heterocycles. The Kier molecular flexibility index (Phi) is 3.01. The van der Waals surface area contributed by atoms with Crippen molar-refractivity contribution in [3.05, 3.63) is 11.1 Å². The molecule has 5 heteroatoms. The van der Waals surface area contributed by atoms with Crippen LogP contribution in [0.4, 0.5) is 5.13 Å². The number of thiol groups is 1. The van der Waals surface area contributed by atoms with Crippen LogP contribution in [-0.4, -0.2) is 22.7 Å². The molecule has 0 radical (unpaired) electrons. The third kappa shape index (κ3) is 2.25. The highest BCUT2D eigenvalue weighted by Crippen LogP contribution is 2.34. The molecule has 1 aliphatic heterocycles. The molecule has 0 aliphatic carbocycles. The second kappa shape index (κ2) is 4.04. The molecule has 0 N–H and O–H groups in total. The number of hydrogen-bond donors (Lipinski definition) is 1. The summed E-state index contributed by atoms with van der Waals surface area (Å²) in [5, 5.41) is 0.959. The molecule has 3 nitrogen and oxygen atoms in total. The van der Waals surface area contributed by atoms with Gasteiger partial charge in [-0.15, -0.1) is 11.3 Å². The molecule has 1 saturated heterocycles. The molecule has 0 spiro atoms. The smallest absolute Gasteiger partial charge is 0.229 e. The van der Waals surface area contributed by atoms with Gasteiger partial charge in [-0.2, -0.15) is 12.6 Å². The standard InChI is InChI=1S/C11H16N2OS2/c1-11(2,3)8-5-12-10(16-8)13-6-7(15)4-9(13)14/h5,7,15H,4,6H2,1-3H3. The number of hydrogen-bond acceptors (Lipinski definition) is 4. The average molecular weight is 256 g/mol. The largest absolute Gasteiger partial charge is 0.287 e. The summed E-state index contributed by atoms with van der Waals surface area (Å²) >= 11 is 5.94. The fraction of sp³-hybridized carbons (Fsp3) is 0.636. The Bertz CT molecular complexity index is 408. The zero-order valence-electron chi connectivity index (χ0n) is 9.73. The number of aromatic nitrogens is 1. The van der Waals surface area contributed by atoms with E-state index in [1.807, 2.05) is 6.20 Å². The Balaban J connectivity index is 2.23. The quantitative estimate of drug-likeness (QED) is 0.783. The van der Waals surface area contributed by atoms with Crippen LogP contribution in [0.15, 0.2) is 6.20 Å². The maximum Gasteiger partial charge on any atom is 0.229 e. The Labute approximate surface area is 105 Å². The molecule has 0 bridgehead atoms. The van der Waals surface area contributed by atoms with E-state index in [0.717, 1.165) is 5.13 Å². The van der Waals surface area contributed by atoms with E-state index in [1.165, 1.54) is 4.88 Å². The van der Waals surface area contributed by atoms with Crippen LogP contribution in [0.3, 0.4) is 0 Å². The van der Waals surface area contributed by atoms with E-state index in [-0.39, 0.29) is 16.6 Å². The van der Waals surface area contributed by atoms with Gasteiger partial charge in [0.1, 0.15) is 0 Å². The SMILES string of the molecule is CC(C)(C)c1cnc(N2CC(S)CC2=O)s1. The van der Waals surface area contributed by atoms with E-state index < -0.39 is 0 Å². The first-order chi connectivity index (χ1) is 7.38. The second-order valence-corrected chi connectivity index (χ2v) is 6.86. The first-order valence-corrected chi connectivity index (χ1v) is 6.66. The summed E-state index contributed by atoms with van der Waals surface area (Å²) in [6, 6.07) is 0. The van der Waals surface area contributed by atoms with Crippen LogP contribution < -0.4 is 4.90 Å². The Hall–Kier alpha value is -0.550. The molecule has 1 aliphatic rings. The lowest BCUT2D eigenvalue weighted by Gasteiger charge is -2.15. The topological polar surface area (TPSA) is 33.2 Å². The summed E-state index contributed by atoms with van der Waals surface area (Å²) in [7, 11) is 0. The fourth-order valence-corrected chi connectivity index (χ4v) is 2.93. The van der Waals surface area contributed by atoms with Crippen molar-refractivity contribution in [3.8, 4) is 0 Å². The van der Waals surface area contributed by atoms with Gasteiger partial charge in [0.25, 0.3) is 0 Å². The molecule has 88 valence electrons. The van der Waals surface area contributed by atoms with Gasteiger partial charge in [-0.1, -0.05) is 20.8 Å². The minimum Gasteiger partial charge on any atom is -0.287 e. The highest BCUT2D eigenvalue weighted by molar-refractivity contribution is 7.81. The van der Waals surface area contributed by atoms with Gasteiger partial charge in [0, 0.05) is 29.3 Å². The molecule has 1 fully saturated rings. The van der Waals surface area contributed by atoms with Crippen LogP contribution in [0.25, 0.3) is 0 Å². The maximum absolute atomic E-state index is 11.7. The Morgan fingerprint density at radius 2 is 2.25 bits per heavy atom. The zero-order valence-corrected chi connectivity index (χ0v) is 11.4. The third-order valence-corrected chi connectivity index (χ3v) is 4.36. The molecule has 1 atom stereocenters. The van der Waals surface area contributed by atoms with Gasteiger partial charge >= 0.3 is 0 Å². The van der Waals surface area contributed by atoms with E-state index in [9.17, 15) is 4.79 Å². The molecule has 1 aromatic heterocycles. The summed E-state index contributed by atoms with van der Waals surface area (Å²) in [5.74, 6) is 0.134. The number of carbonyl (C=O) groups excluding carboxylic acids is 1. The third-order valence-electron chi connectivity index (χ3n) is 2.57. The van der Waals surface area contributed by atoms with Gasteiger partial charge in [-0.05, 0) is 5.41 Å². The summed E-state index contributed by atoms with van der Waals surface area (Å²) < 4.78 is 0. The number of amides is 1. The molecule has 1 aromatic rings. The molecule has 0 aromatic carbocycles. The predicted molar refractivity (Wildman–Crippen MR) is 70.6 cm³/mol. The van der Waals surface area contributed by atoms with Crippen molar-refractivity contribution in [1.82, 2.24) is 4.98 Å². The highest BCUT2D eigenvalue weighted by Gasteiger charge is 2.31. The van der Waals surface area contributed by atoms with Crippen molar-refractivity contribution in [1.29, 1.82) is 0 Å². The number of nitrogens with zero attached hydrogens (tertiary/aromatic N) is 2. The van der Waals surface area contributed by atoms with E-state index in [0.29, 0.717) is 13.0 Å². The highest BCUT2D eigenvalue weighted by atomic mass is 32.1. The van der Waals surface area contributed by atoms with Crippen LogP contribution in [0.1, 0.15) is 32.1 Å². The summed E-state index contributed by atoms with van der Waals surface area (Å²) in [6.45, 7) is 7.13. The molecule has 2 rings (SSSR count). The van der Waals surface area contributed by atoms with Crippen molar-refractivity contribution in [2.75, 3.05) is 11.4 Å². The van der Waals surface area contributed by atoms with Crippen molar-refractivity contribution in [2.24, 2.45) is 0 Å². The van der Waals surface area contributed by atoms with Crippen molar-refractivity contribution in [3.63, 3.8) is 0 Å². The molecule has 1 unspecified atom stereocenters. The first-order valence-electron chi connectivity index (χ1n) is 5.32. The first kappa shape index (κ1) is 11.9. The number of thiazole rings is 1. The van der Waals surface area contributed by atoms with E-state index in [4.69, 9.17) is 0 Å². The fourth-order valence-electron chi connectivity index (χ4n) is 1.61. The molecular formula is C11H16N2OS2. The van der Waals surface area contributed by atoms with Crippen LogP contribution in [0.2, 0.25) is 0 Å². The van der Waals surface area contributed by atoms with Crippen molar-refractivity contribution in [2.45, 2.75) is 37.9 Å². The van der Waals surface area contributed by atoms with Crippen LogP contribution >= 0.6 is 24.0 Å². The normalized spacial score (nSPS) is 21.9. The van der Waals surface area contributed by atoms with Crippen molar-refractivity contribution < 1.29 is 4.79 Å². The van der Waals surface area contributed by atoms with Gasteiger partial charge in [0.2, 0.25) is 5.91 Å². The van der Waals surface area contributed by atoms with Crippen LogP contribution in [0.5, 0.6) is 0 Å². The monoisotopic (exact) mass is 256 g/mol. The predicted octanol–water partition coefficient (Wildman–Crippen LogP) is 2.48. The average Bonchev–Trinajstić information content (AvgIpc) is 2.70. The van der Waals surface area contributed by atoms with Crippen LogP contribution in [-0.2, 0) is 10.2 Å². The summed E-state index contributed by atoms with van der Waals surface area (Å²) in [6.07, 6.45) is 2.40. The van der Waals surface area contributed by atoms with Gasteiger partial charge in [-0.25, -0.2) is 4.98 Å². The minimum atomic E-state index is 0.0963. The number of anilines is 1. The van der Waals surface area contributed by atoms with E-state index >= 15 is 0 Å². The lowest BCUT2D eigenvalue weighted by Crippen LogP contribution is -2.24. The summed E-state index contributed by atoms with van der Waals surface area (Å²) in [5.41, 5.74) is 0.0963. The van der Waals surface area contributed by atoms with E-state index in [2.05, 4.69) is 38.4 Å². The minimum absolute atomic E-state index is 0.0963. The lowest BCUT2D eigenvalue weighted by atomic mass is 9.96. The lowest BCUT2D eigenvalue weighted by molar-refractivity contribution is -0.117. The molecule has 0 saturated carbocycles. The zero-order chi connectivity index (χ0) is 11.9. The van der Waals surface area contributed by atoms with E-state index in [1.54, 1.807) is 16.2 Å². The number of rotatable bonds is 1. The Morgan fingerprint density at radius 1 is 1.56 bits per heavy atom. The van der Waals surface area contributed by atoms with Gasteiger partial charge in [0.05, 0.1) is 0 Å². The Morgan fingerprint density at radius 3 is 2.69 bits per heavy atom. The number of carbonyl (C=O) groups is 1. The molecule has 16 heavy (non-hydrogen) atoms. The molecular weight excluding hydrogens is 240 g/mol. The van der Waals surface area contributed by atoms with Gasteiger partial charge in [0.15, 0.2) is 5.13 Å². The van der Waals surface area contributed by atoms with Gasteiger partial charge in [-0.3, -0.25) is 9.69 Å². The van der Waals surface area contributed by atoms with Crippen molar-refractivity contribution >= 4 is 35.0 Å². The summed E-state index contributed by atoms with van der Waals surface area (Å²) in [4.78, 5) is 19.0. The molecule has 1 amide bonds. The van der Waals surface area contributed by atoms with Crippen LogP contribution in [0, 0.1) is 0 Å².